The average Bonchev–Trinajstić information content (AvgIpc) is 3.33. The number of epoxide rings is 1. The van der Waals surface area contributed by atoms with Gasteiger partial charge < -0.3 is 39.0 Å². The Kier molecular flexibility index (Phi) is 4.93. The topological polar surface area (TPSA) is 161 Å². The Morgan fingerprint density at radius 1 is 1.02 bits per heavy atom. The summed E-state index contributed by atoms with van der Waals surface area (Å²) in [6.07, 6.45) is -0.904. The summed E-state index contributed by atoms with van der Waals surface area (Å²) in [4.78, 5) is 38.9. The average molecular weight is 561 g/mol. The Morgan fingerprint density at radius 2 is 1.80 bits per heavy atom. The van der Waals surface area contributed by atoms with Crippen LogP contribution in [0.4, 0.5) is 0 Å². The van der Waals surface area contributed by atoms with Gasteiger partial charge in [-0.15, -0.1) is 0 Å². The number of esters is 1. The van der Waals surface area contributed by atoms with Crippen molar-refractivity contribution in [2.24, 2.45) is 28.6 Å². The van der Waals surface area contributed by atoms with E-state index in [1.807, 2.05) is 6.92 Å². The second-order valence-corrected chi connectivity index (χ2v) is 14.0. The van der Waals surface area contributed by atoms with Gasteiger partial charge in [0.25, 0.3) is 5.79 Å². The molecule has 0 bridgehead atoms. The molecule has 11 heteroatoms. The fourth-order valence-electron chi connectivity index (χ4n) is 10.4. The van der Waals surface area contributed by atoms with E-state index in [4.69, 9.17) is 23.7 Å². The van der Waals surface area contributed by atoms with Crippen LogP contribution in [0.3, 0.4) is 0 Å². The second kappa shape index (κ2) is 7.61. The van der Waals surface area contributed by atoms with Gasteiger partial charge in [0.15, 0.2) is 11.6 Å². The molecule has 4 aliphatic heterocycles. The number of aliphatic hydroxyl groups is 3. The summed E-state index contributed by atoms with van der Waals surface area (Å²) in [5, 5.41) is 35.6. The van der Waals surface area contributed by atoms with Gasteiger partial charge in [-0.05, 0) is 68.8 Å². The van der Waals surface area contributed by atoms with Crippen LogP contribution in [-0.2, 0) is 38.1 Å². The predicted octanol–water partition coefficient (Wildman–Crippen LogP) is 0.311. The first-order chi connectivity index (χ1) is 18.8. The van der Waals surface area contributed by atoms with E-state index in [0.717, 1.165) is 0 Å². The van der Waals surface area contributed by atoms with Crippen LogP contribution in [0.15, 0.2) is 11.6 Å². The van der Waals surface area contributed by atoms with Gasteiger partial charge in [-0.25, -0.2) is 4.79 Å². The lowest BCUT2D eigenvalue weighted by Crippen LogP contribution is -2.77. The second-order valence-electron chi connectivity index (χ2n) is 14.0. The highest BCUT2D eigenvalue weighted by Gasteiger charge is 2.89. The molecular formula is C29H36O11. The molecule has 0 aromatic heterocycles. The monoisotopic (exact) mass is 560 g/mol. The summed E-state index contributed by atoms with van der Waals surface area (Å²) in [5.41, 5.74) is -4.10. The normalized spacial score (nSPS) is 59.9. The van der Waals surface area contributed by atoms with Gasteiger partial charge in [0.1, 0.15) is 23.9 Å². The van der Waals surface area contributed by atoms with Crippen molar-refractivity contribution in [2.75, 3.05) is 6.61 Å². The number of carbonyl (C=O) groups excluding carboxylic acids is 3. The summed E-state index contributed by atoms with van der Waals surface area (Å²) in [6.45, 7) is 5.53. The van der Waals surface area contributed by atoms with Crippen LogP contribution in [0.5, 0.6) is 0 Å². The smallest absolute Gasteiger partial charge is 0.331 e. The van der Waals surface area contributed by atoms with Crippen molar-refractivity contribution in [1.29, 1.82) is 0 Å². The van der Waals surface area contributed by atoms with Crippen molar-refractivity contribution >= 4 is 17.5 Å². The van der Waals surface area contributed by atoms with Crippen molar-refractivity contribution in [3.63, 3.8) is 0 Å². The van der Waals surface area contributed by atoms with Crippen LogP contribution >= 0.6 is 0 Å². The van der Waals surface area contributed by atoms with Gasteiger partial charge >= 0.3 is 5.97 Å². The number of aliphatic hydroxyl groups excluding tert-OH is 1. The number of cyclic esters (lactones) is 1. The van der Waals surface area contributed by atoms with Crippen LogP contribution in [0, 0.1) is 28.6 Å². The minimum atomic E-state index is -2.22. The lowest BCUT2D eigenvalue weighted by molar-refractivity contribution is -0.414. The van der Waals surface area contributed by atoms with Gasteiger partial charge in [-0.3, -0.25) is 9.59 Å². The van der Waals surface area contributed by atoms with Crippen LogP contribution < -0.4 is 0 Å². The first kappa shape index (κ1) is 25.9. The van der Waals surface area contributed by atoms with E-state index in [1.54, 1.807) is 13.8 Å². The van der Waals surface area contributed by atoms with E-state index < -0.39 is 87.9 Å². The summed E-state index contributed by atoms with van der Waals surface area (Å²) >= 11 is 0. The van der Waals surface area contributed by atoms with Crippen LogP contribution in [0.1, 0.15) is 59.3 Å². The van der Waals surface area contributed by atoms with E-state index in [2.05, 4.69) is 0 Å². The van der Waals surface area contributed by atoms with Gasteiger partial charge in [0, 0.05) is 18.4 Å². The van der Waals surface area contributed by atoms with Gasteiger partial charge in [0.2, 0.25) is 6.29 Å². The molecule has 8 aliphatic rings. The highest BCUT2D eigenvalue weighted by molar-refractivity contribution is 5.94. The first-order valence-corrected chi connectivity index (χ1v) is 14.5. The number of hydrogen-bond acceptors (Lipinski definition) is 11. The zero-order valence-corrected chi connectivity index (χ0v) is 22.8. The molecule has 3 saturated heterocycles. The van der Waals surface area contributed by atoms with Gasteiger partial charge in [-0.1, -0.05) is 6.92 Å². The van der Waals surface area contributed by atoms with Crippen LogP contribution in [0.25, 0.3) is 0 Å². The Hall–Kier alpha value is -1.73. The lowest BCUT2D eigenvalue weighted by Gasteiger charge is -2.64. The summed E-state index contributed by atoms with van der Waals surface area (Å²) in [7, 11) is 0. The Labute approximate surface area is 231 Å². The summed E-state index contributed by atoms with van der Waals surface area (Å²) in [6, 6.07) is 0. The fraction of sp³-hybridized carbons (Fsp3) is 0.828. The third-order valence-corrected chi connectivity index (χ3v) is 12.3. The molecule has 8 rings (SSSR count). The largest absolute Gasteiger partial charge is 0.458 e. The molecule has 0 aromatic carbocycles. The molecule has 4 aliphatic carbocycles. The van der Waals surface area contributed by atoms with E-state index in [-0.39, 0.29) is 25.0 Å². The highest BCUT2D eigenvalue weighted by Crippen LogP contribution is 2.77. The number of Topliss-reactive ketones (excluding diaryl/α,β-unsaturated/α-hetero) is 2. The number of ether oxygens (including phenoxy) is 5. The minimum Gasteiger partial charge on any atom is -0.458 e. The molecule has 4 heterocycles. The zero-order chi connectivity index (χ0) is 28.2. The van der Waals surface area contributed by atoms with E-state index >= 15 is 0 Å². The molecule has 4 saturated carbocycles. The molecule has 14 atom stereocenters. The number of hydrogen-bond donors (Lipinski definition) is 3. The molecule has 11 nitrogen and oxygen atoms in total. The standard InChI is InChI=1S/C29H36O11/c1-12-6-18(30)29(35)24(37-12)38-16-8-14-9-19-28(40-19)22(25(14,2)10-17(16)39-29)21(32)23(33)26(3)15(4-5-27(26,28)34)13-7-20(31)36-11-13/h7,12,14-17,19,21-22,24,32,34-35H,4-6,8-11H2,1-3H3/t12-,14-,15-,16-,17-,19+,21+,22-,24+,25+,26+,27-,28+,29+/m1/s1. The van der Waals surface area contributed by atoms with Crippen molar-refractivity contribution in [2.45, 2.75) is 113 Å². The Bertz CT molecular complexity index is 1260. The maximum Gasteiger partial charge on any atom is 0.331 e. The molecule has 0 radical (unpaired) electrons. The Balaban J connectivity index is 1.16. The molecule has 1 spiro atoms. The Morgan fingerprint density at radius 3 is 2.52 bits per heavy atom. The first-order valence-electron chi connectivity index (χ1n) is 14.5. The molecule has 0 amide bonds. The summed E-state index contributed by atoms with van der Waals surface area (Å²) in [5.74, 6) is -4.82. The molecule has 218 valence electrons. The fourth-order valence-corrected chi connectivity index (χ4v) is 10.4. The summed E-state index contributed by atoms with van der Waals surface area (Å²) < 4.78 is 29.6. The number of carbonyl (C=O) groups is 3. The quantitative estimate of drug-likeness (QED) is 0.230. The van der Waals surface area contributed by atoms with Crippen molar-refractivity contribution in [3.8, 4) is 0 Å². The predicted molar refractivity (Wildman–Crippen MR) is 131 cm³/mol. The van der Waals surface area contributed by atoms with Crippen LogP contribution in [0.2, 0.25) is 0 Å². The van der Waals surface area contributed by atoms with Crippen molar-refractivity contribution < 1.29 is 53.4 Å². The van der Waals surface area contributed by atoms with Gasteiger partial charge in [-0.2, -0.15) is 0 Å². The van der Waals surface area contributed by atoms with Gasteiger partial charge in [0.05, 0.1) is 29.8 Å². The number of rotatable bonds is 1. The minimum absolute atomic E-state index is 0.00195. The maximum absolute atomic E-state index is 14.2. The molecular weight excluding hydrogens is 524 g/mol. The maximum atomic E-state index is 14.2. The number of ketones is 2. The zero-order valence-electron chi connectivity index (χ0n) is 22.8. The van der Waals surface area contributed by atoms with E-state index in [0.29, 0.717) is 37.7 Å². The van der Waals surface area contributed by atoms with Crippen molar-refractivity contribution in [3.05, 3.63) is 11.6 Å². The third kappa shape index (κ3) is 2.74. The SMILES string of the molecule is C[C@@H]1CC(=O)[C@]2(O)O[C@@H]3C[C@@]4(C)[C@@H](C[C@@H]5O[C@]56[C@@H]4[C@H](O)C(=O)[C@]4(C)[C@@H](C5=CC(=O)OC5)CC[C@]64O)C[C@H]3O[C@@H]2O1. The van der Waals surface area contributed by atoms with E-state index in [9.17, 15) is 29.7 Å². The molecule has 7 fully saturated rings. The number of fused-ring (bicyclic) bond motifs is 5. The molecule has 0 unspecified atom stereocenters. The van der Waals surface area contributed by atoms with Crippen LogP contribution in [-0.4, -0.2) is 93.3 Å². The third-order valence-electron chi connectivity index (χ3n) is 12.3. The molecule has 0 aromatic rings. The molecule has 3 N–H and O–H groups in total. The lowest BCUT2D eigenvalue weighted by atomic mass is 9.41. The van der Waals surface area contributed by atoms with E-state index in [1.165, 1.54) is 6.08 Å². The van der Waals surface area contributed by atoms with Crippen molar-refractivity contribution in [1.82, 2.24) is 0 Å². The highest BCUT2D eigenvalue weighted by atomic mass is 16.8. The molecule has 40 heavy (non-hydrogen) atoms.